The average molecular weight is 280 g/mol. The molecule has 20 heavy (non-hydrogen) atoms. The molecule has 2 amide bonds. The minimum Gasteiger partial charge on any atom is -0.307 e. The van der Waals surface area contributed by atoms with Crippen LogP contribution in [0.1, 0.15) is 46.0 Å². The van der Waals surface area contributed by atoms with E-state index in [1.165, 1.54) is 29.8 Å². The van der Waals surface area contributed by atoms with Crippen molar-refractivity contribution in [3.63, 3.8) is 0 Å². The summed E-state index contributed by atoms with van der Waals surface area (Å²) in [4.78, 5) is 12.0. The van der Waals surface area contributed by atoms with Gasteiger partial charge in [-0.25, -0.2) is 15.2 Å². The lowest BCUT2D eigenvalue weighted by molar-refractivity contribution is 0.179. The van der Waals surface area contributed by atoms with Gasteiger partial charge in [-0.3, -0.25) is 0 Å². The third-order valence-corrected chi connectivity index (χ3v) is 3.53. The van der Waals surface area contributed by atoms with Crippen molar-refractivity contribution < 1.29 is 4.79 Å². The third kappa shape index (κ3) is 4.98. The summed E-state index contributed by atoms with van der Waals surface area (Å²) in [6.45, 7) is 4.36. The summed E-state index contributed by atoms with van der Waals surface area (Å²) in [5.41, 5.74) is 7.67. The molecule has 5 heteroatoms. The van der Waals surface area contributed by atoms with Crippen LogP contribution in [0, 0.1) is 5.92 Å². The summed E-state index contributed by atoms with van der Waals surface area (Å²) in [6, 6.07) is -0.168. The molecule has 0 fully saturated rings. The molecule has 0 aromatic rings. The predicted octanol–water partition coefficient (Wildman–Crippen LogP) is 2.70. The number of nitrogens with zero attached hydrogens (tertiary/aromatic N) is 1. The first-order valence-corrected chi connectivity index (χ1v) is 7.50. The van der Waals surface area contributed by atoms with Gasteiger partial charge in [-0.2, -0.15) is 5.53 Å². The molecule has 0 aromatic carbocycles. The molecular weight excluding hydrogens is 252 g/mol. The first-order chi connectivity index (χ1) is 9.62. The van der Waals surface area contributed by atoms with Crippen molar-refractivity contribution in [3.8, 4) is 0 Å². The number of hydrazine groups is 2. The second-order valence-corrected chi connectivity index (χ2v) is 5.14. The van der Waals surface area contributed by atoms with Gasteiger partial charge in [-0.1, -0.05) is 32.4 Å². The standard InChI is InChI=1S/C15H28N4O/c1-5-8-12-9-7-10-14(13(6-2)11-12)17-15(20)19(4)18-16-3/h10-12,16,18H,5-9H2,1-4H3,(H,17,20). The lowest BCUT2D eigenvalue weighted by Crippen LogP contribution is -2.50. The quantitative estimate of drug-likeness (QED) is 0.656. The average Bonchev–Trinajstić information content (AvgIpc) is 2.61. The highest BCUT2D eigenvalue weighted by Crippen LogP contribution is 2.26. The van der Waals surface area contributed by atoms with Gasteiger partial charge in [0.1, 0.15) is 0 Å². The Bertz CT molecular complexity index is 376. The molecule has 0 saturated heterocycles. The number of allylic oxidation sites excluding steroid dienone is 3. The summed E-state index contributed by atoms with van der Waals surface area (Å²) >= 11 is 0. The fraction of sp³-hybridized carbons (Fsp3) is 0.667. The van der Waals surface area contributed by atoms with E-state index in [0.717, 1.165) is 18.5 Å². The molecule has 3 N–H and O–H groups in total. The van der Waals surface area contributed by atoms with E-state index in [1.807, 2.05) is 0 Å². The first kappa shape index (κ1) is 16.7. The molecule has 5 nitrogen and oxygen atoms in total. The molecule has 1 atom stereocenters. The maximum Gasteiger partial charge on any atom is 0.337 e. The van der Waals surface area contributed by atoms with Gasteiger partial charge < -0.3 is 5.32 Å². The minimum absolute atomic E-state index is 0.168. The van der Waals surface area contributed by atoms with Crippen molar-refractivity contribution in [1.82, 2.24) is 21.3 Å². The van der Waals surface area contributed by atoms with Gasteiger partial charge in [0.25, 0.3) is 0 Å². The minimum atomic E-state index is -0.168. The van der Waals surface area contributed by atoms with Crippen LogP contribution in [0.25, 0.3) is 0 Å². The summed E-state index contributed by atoms with van der Waals surface area (Å²) in [5, 5.41) is 4.38. The Morgan fingerprint density at radius 1 is 1.45 bits per heavy atom. The fourth-order valence-corrected chi connectivity index (χ4v) is 2.49. The summed E-state index contributed by atoms with van der Waals surface area (Å²) in [5.74, 6) is 0.633. The van der Waals surface area contributed by atoms with Crippen LogP contribution >= 0.6 is 0 Å². The number of urea groups is 1. The molecule has 0 radical (unpaired) electrons. The van der Waals surface area contributed by atoms with Gasteiger partial charge in [-0.15, -0.1) is 0 Å². The van der Waals surface area contributed by atoms with Crippen molar-refractivity contribution in [3.05, 3.63) is 23.4 Å². The fourth-order valence-electron chi connectivity index (χ4n) is 2.49. The van der Waals surface area contributed by atoms with E-state index in [1.54, 1.807) is 14.1 Å². The normalized spacial score (nSPS) is 18.9. The molecule has 0 heterocycles. The van der Waals surface area contributed by atoms with Crippen molar-refractivity contribution in [1.29, 1.82) is 0 Å². The topological polar surface area (TPSA) is 56.4 Å². The van der Waals surface area contributed by atoms with Crippen LogP contribution in [0.4, 0.5) is 4.79 Å². The third-order valence-electron chi connectivity index (χ3n) is 3.53. The zero-order chi connectivity index (χ0) is 15.0. The molecule has 0 bridgehead atoms. The Morgan fingerprint density at radius 2 is 2.20 bits per heavy atom. The van der Waals surface area contributed by atoms with Crippen LogP contribution in [0.15, 0.2) is 23.4 Å². The predicted molar refractivity (Wildman–Crippen MR) is 82.6 cm³/mol. The van der Waals surface area contributed by atoms with Crippen molar-refractivity contribution >= 4 is 6.03 Å². The van der Waals surface area contributed by atoms with E-state index >= 15 is 0 Å². The van der Waals surface area contributed by atoms with E-state index in [4.69, 9.17) is 0 Å². The van der Waals surface area contributed by atoms with E-state index in [0.29, 0.717) is 5.92 Å². The number of rotatable bonds is 6. The van der Waals surface area contributed by atoms with Crippen LogP contribution in [0.3, 0.4) is 0 Å². The Kier molecular flexibility index (Phi) is 7.33. The SMILES string of the molecule is CCCC1C=C(CC)C(NC(=O)N(C)NNC)=CCC1. The zero-order valence-corrected chi connectivity index (χ0v) is 13.1. The maximum absolute atomic E-state index is 12.0. The highest BCUT2D eigenvalue weighted by molar-refractivity contribution is 5.76. The van der Waals surface area contributed by atoms with Crippen LogP contribution in [0.2, 0.25) is 0 Å². The summed E-state index contributed by atoms with van der Waals surface area (Å²) in [7, 11) is 3.40. The highest BCUT2D eigenvalue weighted by Gasteiger charge is 2.16. The Hall–Kier alpha value is -1.33. The molecule has 1 rings (SSSR count). The number of hydrogen-bond donors (Lipinski definition) is 3. The van der Waals surface area contributed by atoms with Crippen LogP contribution in [-0.4, -0.2) is 25.1 Å². The van der Waals surface area contributed by atoms with Crippen molar-refractivity contribution in [2.45, 2.75) is 46.0 Å². The zero-order valence-electron chi connectivity index (χ0n) is 13.1. The lowest BCUT2D eigenvalue weighted by atomic mass is 9.96. The van der Waals surface area contributed by atoms with Crippen LogP contribution in [0.5, 0.6) is 0 Å². The van der Waals surface area contributed by atoms with E-state index in [2.05, 4.69) is 42.3 Å². The number of amides is 2. The summed E-state index contributed by atoms with van der Waals surface area (Å²) in [6.07, 6.45) is 10.0. The van der Waals surface area contributed by atoms with Crippen molar-refractivity contribution in [2.24, 2.45) is 5.92 Å². The van der Waals surface area contributed by atoms with Gasteiger partial charge in [0, 0.05) is 19.8 Å². The Morgan fingerprint density at radius 3 is 2.80 bits per heavy atom. The molecule has 0 saturated carbocycles. The van der Waals surface area contributed by atoms with E-state index in [-0.39, 0.29) is 6.03 Å². The number of carbonyl (C=O) groups is 1. The second-order valence-electron chi connectivity index (χ2n) is 5.14. The Balaban J connectivity index is 2.74. The lowest BCUT2D eigenvalue weighted by Gasteiger charge is -2.20. The highest BCUT2D eigenvalue weighted by atomic mass is 16.2. The van der Waals surface area contributed by atoms with E-state index < -0.39 is 0 Å². The smallest absolute Gasteiger partial charge is 0.307 e. The molecule has 0 spiro atoms. The Labute approximate surface area is 122 Å². The molecule has 0 aromatic heterocycles. The van der Waals surface area contributed by atoms with Gasteiger partial charge in [-0.05, 0) is 37.2 Å². The van der Waals surface area contributed by atoms with E-state index in [9.17, 15) is 4.79 Å². The van der Waals surface area contributed by atoms with Crippen molar-refractivity contribution in [2.75, 3.05) is 14.1 Å². The van der Waals surface area contributed by atoms with Gasteiger partial charge in [0.05, 0.1) is 0 Å². The molecule has 1 aliphatic carbocycles. The summed E-state index contributed by atoms with van der Waals surface area (Å²) < 4.78 is 0. The number of nitrogens with one attached hydrogen (secondary N) is 3. The molecular formula is C15H28N4O. The monoisotopic (exact) mass is 280 g/mol. The maximum atomic E-state index is 12.0. The molecule has 1 aliphatic rings. The van der Waals surface area contributed by atoms with Gasteiger partial charge in [0.2, 0.25) is 0 Å². The number of carbonyl (C=O) groups excluding carboxylic acids is 1. The first-order valence-electron chi connectivity index (χ1n) is 7.50. The van der Waals surface area contributed by atoms with Gasteiger partial charge in [0.15, 0.2) is 0 Å². The molecule has 1 unspecified atom stereocenters. The van der Waals surface area contributed by atoms with Crippen LogP contribution in [-0.2, 0) is 0 Å². The van der Waals surface area contributed by atoms with Gasteiger partial charge >= 0.3 is 6.03 Å². The molecule has 0 aliphatic heterocycles. The largest absolute Gasteiger partial charge is 0.337 e. The number of hydrogen-bond acceptors (Lipinski definition) is 3. The molecule has 114 valence electrons. The van der Waals surface area contributed by atoms with Crippen LogP contribution < -0.4 is 16.3 Å². The second kappa shape index (κ2) is 8.76.